The van der Waals surface area contributed by atoms with Crippen LogP contribution in [0.5, 0.6) is 0 Å². The summed E-state index contributed by atoms with van der Waals surface area (Å²) in [5.74, 6) is -0.0766. The van der Waals surface area contributed by atoms with Crippen molar-refractivity contribution in [3.63, 3.8) is 0 Å². The molecule has 21 heavy (non-hydrogen) atoms. The van der Waals surface area contributed by atoms with E-state index < -0.39 is 6.04 Å². The first-order chi connectivity index (χ1) is 10.1. The number of nitrogens with two attached hydrogens (primary N) is 1. The van der Waals surface area contributed by atoms with Crippen LogP contribution in [-0.4, -0.2) is 54.0 Å². The Kier molecular flexibility index (Phi) is 5.16. The Morgan fingerprint density at radius 1 is 1.14 bits per heavy atom. The second-order valence-electron chi connectivity index (χ2n) is 5.14. The molecule has 0 spiro atoms. The summed E-state index contributed by atoms with van der Waals surface area (Å²) in [6, 6.07) is 9.05. The molecule has 1 saturated heterocycles. The summed E-state index contributed by atoms with van der Waals surface area (Å²) >= 11 is 0. The third kappa shape index (κ3) is 4.19. The van der Waals surface area contributed by atoms with E-state index in [2.05, 4.69) is 0 Å². The molecule has 0 aromatic heterocycles. The monoisotopic (exact) mass is 291 g/mol. The van der Waals surface area contributed by atoms with Gasteiger partial charge >= 0.3 is 6.09 Å². The highest BCUT2D eigenvalue weighted by Crippen LogP contribution is 2.07. The lowest BCUT2D eigenvalue weighted by Crippen LogP contribution is -2.53. The number of amides is 2. The molecule has 0 bridgehead atoms. The van der Waals surface area contributed by atoms with E-state index in [-0.39, 0.29) is 18.6 Å². The van der Waals surface area contributed by atoms with Crippen LogP contribution >= 0.6 is 0 Å². The van der Waals surface area contributed by atoms with Gasteiger partial charge in [-0.2, -0.15) is 0 Å². The van der Waals surface area contributed by atoms with E-state index in [9.17, 15) is 9.59 Å². The first-order valence-electron chi connectivity index (χ1n) is 7.08. The van der Waals surface area contributed by atoms with Gasteiger partial charge < -0.3 is 20.3 Å². The molecule has 2 N–H and O–H groups in total. The van der Waals surface area contributed by atoms with Crippen LogP contribution in [0.2, 0.25) is 0 Å². The lowest BCUT2D eigenvalue weighted by Gasteiger charge is -2.34. The van der Waals surface area contributed by atoms with Gasteiger partial charge in [0.2, 0.25) is 5.91 Å². The minimum absolute atomic E-state index is 0.0766. The van der Waals surface area contributed by atoms with Gasteiger partial charge in [-0.15, -0.1) is 0 Å². The first kappa shape index (κ1) is 15.3. The quantitative estimate of drug-likeness (QED) is 0.894. The average molecular weight is 291 g/mol. The van der Waals surface area contributed by atoms with Crippen molar-refractivity contribution >= 4 is 12.0 Å². The molecule has 1 atom stereocenters. The van der Waals surface area contributed by atoms with Crippen LogP contribution in [0.3, 0.4) is 0 Å². The first-order valence-corrected chi connectivity index (χ1v) is 7.08. The maximum atomic E-state index is 12.0. The lowest BCUT2D eigenvalue weighted by molar-refractivity contribution is -0.133. The van der Waals surface area contributed by atoms with E-state index >= 15 is 0 Å². The van der Waals surface area contributed by atoms with Gasteiger partial charge in [-0.3, -0.25) is 4.79 Å². The summed E-state index contributed by atoms with van der Waals surface area (Å²) in [6.07, 6.45) is -0.341. The molecule has 0 unspecified atom stereocenters. The summed E-state index contributed by atoms with van der Waals surface area (Å²) in [4.78, 5) is 27.0. The molecule has 6 nitrogen and oxygen atoms in total. The Labute approximate surface area is 124 Å². The topological polar surface area (TPSA) is 75.9 Å². The van der Waals surface area contributed by atoms with E-state index in [4.69, 9.17) is 10.5 Å². The summed E-state index contributed by atoms with van der Waals surface area (Å²) < 4.78 is 5.27. The van der Waals surface area contributed by atoms with E-state index in [1.54, 1.807) is 16.7 Å². The number of rotatable bonds is 3. The average Bonchev–Trinajstić information content (AvgIpc) is 2.53. The van der Waals surface area contributed by atoms with Gasteiger partial charge in [0.05, 0.1) is 6.04 Å². The van der Waals surface area contributed by atoms with E-state index in [0.29, 0.717) is 26.2 Å². The van der Waals surface area contributed by atoms with Crippen LogP contribution in [0.25, 0.3) is 0 Å². The van der Waals surface area contributed by atoms with E-state index in [1.165, 1.54) is 0 Å². The Morgan fingerprint density at radius 2 is 1.71 bits per heavy atom. The van der Waals surface area contributed by atoms with Crippen molar-refractivity contribution in [2.75, 3.05) is 26.2 Å². The van der Waals surface area contributed by atoms with Crippen LogP contribution in [0.15, 0.2) is 30.3 Å². The molecule has 6 heteroatoms. The number of benzene rings is 1. The summed E-state index contributed by atoms with van der Waals surface area (Å²) in [6.45, 7) is 3.89. The number of nitrogens with zero attached hydrogens (tertiary/aromatic N) is 2. The standard InChI is InChI=1S/C15H21N3O3/c1-12(16)14(19)17-7-9-18(10-8-17)15(20)21-11-13-5-3-2-4-6-13/h2-6,12H,7-11,16H2,1H3/t12-/m0/s1. The number of ether oxygens (including phenoxy) is 1. The van der Waals surface area contributed by atoms with Gasteiger partial charge in [-0.25, -0.2) is 4.79 Å². The van der Waals surface area contributed by atoms with Crippen LogP contribution < -0.4 is 5.73 Å². The number of hydrogen-bond acceptors (Lipinski definition) is 4. The molecule has 1 aliphatic heterocycles. The molecule has 0 aliphatic carbocycles. The Balaban J connectivity index is 1.77. The number of carbonyl (C=O) groups is 2. The predicted molar refractivity (Wildman–Crippen MR) is 78.4 cm³/mol. The summed E-state index contributed by atoms with van der Waals surface area (Å²) in [7, 11) is 0. The second kappa shape index (κ2) is 7.08. The lowest BCUT2D eigenvalue weighted by atomic mass is 10.2. The zero-order valence-corrected chi connectivity index (χ0v) is 12.2. The van der Waals surface area contributed by atoms with Crippen molar-refractivity contribution in [3.05, 3.63) is 35.9 Å². The molecular weight excluding hydrogens is 270 g/mol. The largest absolute Gasteiger partial charge is 0.445 e. The van der Waals surface area contributed by atoms with Gasteiger partial charge in [0.25, 0.3) is 0 Å². The van der Waals surface area contributed by atoms with Crippen molar-refractivity contribution in [1.29, 1.82) is 0 Å². The van der Waals surface area contributed by atoms with Crippen molar-refractivity contribution in [2.24, 2.45) is 5.73 Å². The van der Waals surface area contributed by atoms with Crippen molar-refractivity contribution in [3.8, 4) is 0 Å². The third-order valence-corrected chi connectivity index (χ3v) is 3.44. The highest BCUT2D eigenvalue weighted by atomic mass is 16.6. The molecule has 1 fully saturated rings. The Hall–Kier alpha value is -2.08. The fourth-order valence-corrected chi connectivity index (χ4v) is 2.21. The van der Waals surface area contributed by atoms with Crippen LogP contribution in [-0.2, 0) is 16.1 Å². The summed E-state index contributed by atoms with van der Waals surface area (Å²) in [5, 5.41) is 0. The Bertz CT molecular complexity index is 482. The molecule has 1 aromatic carbocycles. The highest BCUT2D eigenvalue weighted by molar-refractivity contribution is 5.81. The zero-order chi connectivity index (χ0) is 15.2. The number of piperazine rings is 1. The summed E-state index contributed by atoms with van der Waals surface area (Å²) in [5.41, 5.74) is 6.53. The zero-order valence-electron chi connectivity index (χ0n) is 12.2. The van der Waals surface area contributed by atoms with Crippen LogP contribution in [0, 0.1) is 0 Å². The third-order valence-electron chi connectivity index (χ3n) is 3.44. The fraction of sp³-hybridized carbons (Fsp3) is 0.467. The fourth-order valence-electron chi connectivity index (χ4n) is 2.21. The highest BCUT2D eigenvalue weighted by Gasteiger charge is 2.26. The van der Waals surface area contributed by atoms with Gasteiger partial charge in [0.1, 0.15) is 6.61 Å². The van der Waals surface area contributed by atoms with Gasteiger partial charge in [-0.1, -0.05) is 30.3 Å². The molecule has 1 aromatic rings. The molecule has 1 aliphatic rings. The molecule has 1 heterocycles. The second-order valence-corrected chi connectivity index (χ2v) is 5.14. The molecule has 0 saturated carbocycles. The molecule has 0 radical (unpaired) electrons. The molecule has 114 valence electrons. The van der Waals surface area contributed by atoms with Crippen molar-refractivity contribution in [2.45, 2.75) is 19.6 Å². The van der Waals surface area contributed by atoms with Gasteiger partial charge in [0.15, 0.2) is 0 Å². The SMILES string of the molecule is C[C@H](N)C(=O)N1CCN(C(=O)OCc2ccccc2)CC1. The minimum Gasteiger partial charge on any atom is -0.445 e. The van der Waals surface area contributed by atoms with Crippen LogP contribution in [0.4, 0.5) is 4.79 Å². The van der Waals surface area contributed by atoms with E-state index in [0.717, 1.165) is 5.56 Å². The maximum Gasteiger partial charge on any atom is 0.410 e. The number of carbonyl (C=O) groups excluding carboxylic acids is 2. The van der Waals surface area contributed by atoms with Crippen LogP contribution in [0.1, 0.15) is 12.5 Å². The van der Waals surface area contributed by atoms with Gasteiger partial charge in [0, 0.05) is 26.2 Å². The normalized spacial score (nSPS) is 16.5. The molecule has 2 rings (SSSR count). The predicted octanol–water partition coefficient (Wildman–Crippen LogP) is 0.815. The van der Waals surface area contributed by atoms with Crippen molar-refractivity contribution in [1.82, 2.24) is 9.80 Å². The maximum absolute atomic E-state index is 12.0. The number of hydrogen-bond donors (Lipinski definition) is 1. The van der Waals surface area contributed by atoms with E-state index in [1.807, 2.05) is 30.3 Å². The van der Waals surface area contributed by atoms with Gasteiger partial charge in [-0.05, 0) is 12.5 Å². The Morgan fingerprint density at radius 3 is 2.29 bits per heavy atom. The minimum atomic E-state index is -0.499. The smallest absolute Gasteiger partial charge is 0.410 e. The van der Waals surface area contributed by atoms with Crippen molar-refractivity contribution < 1.29 is 14.3 Å². The molecule has 2 amide bonds. The molecular formula is C15H21N3O3.